The van der Waals surface area contributed by atoms with E-state index in [1.807, 2.05) is 30.3 Å². The van der Waals surface area contributed by atoms with E-state index in [9.17, 15) is 9.59 Å². The molecule has 0 amide bonds. The van der Waals surface area contributed by atoms with Crippen LogP contribution in [0.3, 0.4) is 0 Å². The quantitative estimate of drug-likeness (QED) is 0.210. The van der Waals surface area contributed by atoms with Crippen LogP contribution in [0.15, 0.2) is 53.3 Å². The third kappa shape index (κ3) is 5.64. The van der Waals surface area contributed by atoms with Crippen LogP contribution in [0.4, 0.5) is 0 Å². The molecule has 0 aliphatic carbocycles. The highest BCUT2D eigenvalue weighted by Crippen LogP contribution is 2.21. The van der Waals surface area contributed by atoms with Crippen molar-refractivity contribution in [3.05, 3.63) is 69.0 Å². The summed E-state index contributed by atoms with van der Waals surface area (Å²) in [4.78, 5) is 29.0. The monoisotopic (exact) mass is 463 g/mol. The molecule has 4 aromatic rings. The average molecular weight is 464 g/mol. The number of nitrogens with zero attached hydrogens (tertiary/aromatic N) is 3. The Morgan fingerprint density at radius 2 is 1.91 bits per heavy atom. The van der Waals surface area contributed by atoms with Gasteiger partial charge in [-0.2, -0.15) is 9.50 Å². The van der Waals surface area contributed by atoms with Gasteiger partial charge in [0.05, 0.1) is 11.1 Å². The van der Waals surface area contributed by atoms with Crippen molar-refractivity contribution in [2.75, 3.05) is 6.61 Å². The zero-order valence-electron chi connectivity index (χ0n) is 18.6. The summed E-state index contributed by atoms with van der Waals surface area (Å²) >= 11 is 1.26. The lowest BCUT2D eigenvalue weighted by molar-refractivity contribution is -0.131. The lowest BCUT2D eigenvalue weighted by Crippen LogP contribution is -2.23. The maximum Gasteiger partial charge on any atom is 0.308 e. The van der Waals surface area contributed by atoms with Crippen molar-refractivity contribution in [2.24, 2.45) is 0 Å². The van der Waals surface area contributed by atoms with Crippen molar-refractivity contribution in [3.8, 4) is 22.9 Å². The van der Waals surface area contributed by atoms with Crippen molar-refractivity contribution < 1.29 is 14.3 Å². The molecule has 2 heterocycles. The number of hydrogen-bond donors (Lipinski definition) is 0. The summed E-state index contributed by atoms with van der Waals surface area (Å²) in [6.45, 7) is 4.24. The fourth-order valence-electron chi connectivity index (χ4n) is 3.36. The number of unbranched alkanes of at least 4 members (excludes halogenated alkanes) is 3. The van der Waals surface area contributed by atoms with Crippen LogP contribution in [0.2, 0.25) is 0 Å². The van der Waals surface area contributed by atoms with Gasteiger partial charge in [0, 0.05) is 12.5 Å². The third-order valence-electron chi connectivity index (χ3n) is 4.98. The van der Waals surface area contributed by atoms with Gasteiger partial charge in [0.25, 0.3) is 5.56 Å². The summed E-state index contributed by atoms with van der Waals surface area (Å²) in [6.07, 6.45) is 6.40. The Hall–Kier alpha value is -3.52. The topological polar surface area (TPSA) is 82.8 Å². The second-order valence-corrected chi connectivity index (χ2v) is 8.65. The van der Waals surface area contributed by atoms with Crippen LogP contribution in [-0.4, -0.2) is 27.2 Å². The molecule has 0 saturated carbocycles. The molecule has 0 N–H and O–H groups in total. The van der Waals surface area contributed by atoms with Crippen LogP contribution in [-0.2, 0) is 4.79 Å². The summed E-state index contributed by atoms with van der Waals surface area (Å²) in [5.41, 5.74) is 1.34. The number of ether oxygens (including phenoxy) is 2. The molecule has 0 saturated heterocycles. The van der Waals surface area contributed by atoms with Crippen molar-refractivity contribution in [1.82, 2.24) is 14.6 Å². The highest BCUT2D eigenvalue weighted by Gasteiger charge is 2.12. The molecule has 0 aliphatic rings. The summed E-state index contributed by atoms with van der Waals surface area (Å²) < 4.78 is 12.7. The molecular weight excluding hydrogens is 438 g/mol. The van der Waals surface area contributed by atoms with E-state index in [1.54, 1.807) is 24.3 Å². The molecule has 0 atom stereocenters. The molecule has 0 aliphatic heterocycles. The van der Waals surface area contributed by atoms with Crippen molar-refractivity contribution in [1.29, 1.82) is 0 Å². The summed E-state index contributed by atoms with van der Waals surface area (Å²) in [6, 6.07) is 14.6. The van der Waals surface area contributed by atoms with E-state index in [1.165, 1.54) is 42.0 Å². The Morgan fingerprint density at radius 1 is 1.09 bits per heavy atom. The highest BCUT2D eigenvalue weighted by molar-refractivity contribution is 7.15. The molecule has 0 fully saturated rings. The number of hydrogen-bond acceptors (Lipinski definition) is 7. The summed E-state index contributed by atoms with van der Waals surface area (Å²) in [7, 11) is 0. The minimum atomic E-state index is -0.394. The molecule has 8 heteroatoms. The van der Waals surface area contributed by atoms with Gasteiger partial charge < -0.3 is 9.47 Å². The minimum Gasteiger partial charge on any atom is -0.494 e. The van der Waals surface area contributed by atoms with Gasteiger partial charge in [-0.25, -0.2) is 0 Å². The van der Waals surface area contributed by atoms with Crippen LogP contribution in [0.25, 0.3) is 22.4 Å². The number of carbonyl (C=O) groups is 1. The van der Waals surface area contributed by atoms with E-state index in [0.717, 1.165) is 23.3 Å². The standard InChI is InChI=1S/C25H25N3O4S/c1-3-4-5-6-14-31-20-12-10-19(11-13-20)23-26-25-28(27-23)24(30)22(33-25)16-18-8-7-9-21(15-18)32-17(2)29/h7-13,15-16H,3-6,14H2,1-2H3. The van der Waals surface area contributed by atoms with E-state index in [4.69, 9.17) is 9.47 Å². The normalized spacial score (nSPS) is 11.8. The first-order valence-corrected chi connectivity index (χ1v) is 11.8. The SMILES string of the molecule is CCCCCCOc1ccc(-c2nc3sc(=Cc4cccc(OC(C)=O)c4)c(=O)n3n2)cc1. The number of aromatic nitrogens is 3. The maximum atomic E-state index is 12.8. The summed E-state index contributed by atoms with van der Waals surface area (Å²) in [5.74, 6) is 1.35. The Balaban J connectivity index is 1.51. The first-order chi connectivity index (χ1) is 16.0. The van der Waals surface area contributed by atoms with E-state index in [0.29, 0.717) is 27.7 Å². The van der Waals surface area contributed by atoms with Crippen LogP contribution in [0, 0.1) is 0 Å². The second-order valence-electron chi connectivity index (χ2n) is 7.65. The molecule has 33 heavy (non-hydrogen) atoms. The van der Waals surface area contributed by atoms with E-state index < -0.39 is 5.97 Å². The minimum absolute atomic E-state index is 0.237. The molecule has 4 rings (SSSR count). The van der Waals surface area contributed by atoms with Crippen molar-refractivity contribution in [3.63, 3.8) is 0 Å². The first kappa shape index (κ1) is 22.7. The Morgan fingerprint density at radius 3 is 2.64 bits per heavy atom. The average Bonchev–Trinajstić information content (AvgIpc) is 3.33. The van der Waals surface area contributed by atoms with Crippen LogP contribution < -0.4 is 19.6 Å². The molecule has 0 bridgehead atoms. The zero-order chi connectivity index (χ0) is 23.2. The van der Waals surface area contributed by atoms with Gasteiger partial charge in [-0.1, -0.05) is 49.7 Å². The predicted molar refractivity (Wildman–Crippen MR) is 129 cm³/mol. The molecule has 170 valence electrons. The fourth-order valence-corrected chi connectivity index (χ4v) is 4.27. The zero-order valence-corrected chi connectivity index (χ0v) is 19.4. The molecule has 2 aromatic carbocycles. The molecule has 7 nitrogen and oxygen atoms in total. The van der Waals surface area contributed by atoms with Crippen LogP contribution >= 0.6 is 11.3 Å². The van der Waals surface area contributed by atoms with Crippen molar-refractivity contribution >= 4 is 28.3 Å². The van der Waals surface area contributed by atoms with Gasteiger partial charge in [-0.15, -0.1) is 5.10 Å². The van der Waals surface area contributed by atoms with Gasteiger partial charge in [0.15, 0.2) is 5.82 Å². The predicted octanol–water partition coefficient (Wildman–Crippen LogP) is 4.25. The molecule has 0 unspecified atom stereocenters. The van der Waals surface area contributed by atoms with Crippen molar-refractivity contribution in [2.45, 2.75) is 39.5 Å². The second kappa shape index (κ2) is 10.4. The Kier molecular flexibility index (Phi) is 7.14. The van der Waals surface area contributed by atoms with Gasteiger partial charge in [0.1, 0.15) is 11.5 Å². The number of thiazole rings is 1. The Labute approximate surface area is 195 Å². The lowest BCUT2D eigenvalue weighted by Gasteiger charge is -2.06. The first-order valence-electron chi connectivity index (χ1n) is 11.0. The number of fused-ring (bicyclic) bond motifs is 1. The maximum absolute atomic E-state index is 12.8. The van der Waals surface area contributed by atoms with Gasteiger partial charge in [-0.3, -0.25) is 9.59 Å². The molecule has 0 spiro atoms. The Bertz CT molecular complexity index is 1360. The lowest BCUT2D eigenvalue weighted by atomic mass is 10.2. The van der Waals surface area contributed by atoms with Gasteiger partial charge in [0.2, 0.25) is 4.96 Å². The van der Waals surface area contributed by atoms with E-state index in [-0.39, 0.29) is 5.56 Å². The summed E-state index contributed by atoms with van der Waals surface area (Å²) in [5, 5.41) is 4.40. The third-order valence-corrected chi connectivity index (χ3v) is 5.94. The molecular formula is C25H25N3O4S. The largest absolute Gasteiger partial charge is 0.494 e. The van der Waals surface area contributed by atoms with Gasteiger partial charge in [-0.05, 0) is 54.5 Å². The fraction of sp³-hybridized carbons (Fsp3) is 0.280. The number of carbonyl (C=O) groups excluding carboxylic acids is 1. The highest BCUT2D eigenvalue weighted by atomic mass is 32.1. The number of benzene rings is 2. The molecule has 0 radical (unpaired) electrons. The van der Waals surface area contributed by atoms with E-state index in [2.05, 4.69) is 17.0 Å². The van der Waals surface area contributed by atoms with Gasteiger partial charge >= 0.3 is 5.97 Å². The van der Waals surface area contributed by atoms with Crippen LogP contribution in [0.1, 0.15) is 45.1 Å². The number of rotatable bonds is 9. The van der Waals surface area contributed by atoms with E-state index >= 15 is 0 Å². The molecule has 2 aromatic heterocycles. The van der Waals surface area contributed by atoms with Crippen LogP contribution in [0.5, 0.6) is 11.5 Å². The smallest absolute Gasteiger partial charge is 0.308 e. The number of esters is 1.